The molecule has 0 spiro atoms. The van der Waals surface area contributed by atoms with Crippen LogP contribution in [0, 0.1) is 5.41 Å². The summed E-state index contributed by atoms with van der Waals surface area (Å²) in [5.74, 6) is -0.0450. The quantitative estimate of drug-likeness (QED) is 0.809. The van der Waals surface area contributed by atoms with Gasteiger partial charge in [0.1, 0.15) is 0 Å². The molecule has 18 heavy (non-hydrogen) atoms. The number of nitrogens with two attached hydrogens (primary N) is 1. The van der Waals surface area contributed by atoms with Crippen LogP contribution in [-0.2, 0) is 11.3 Å². The van der Waals surface area contributed by atoms with Crippen LogP contribution in [0.15, 0.2) is 24.5 Å². The first-order valence-electron chi connectivity index (χ1n) is 6.12. The molecule has 1 heterocycles. The monoisotopic (exact) mass is 263 g/mol. The highest BCUT2D eigenvalue weighted by Gasteiger charge is 2.43. The molecule has 2 rings (SSSR count). The zero-order valence-electron chi connectivity index (χ0n) is 10.2. The Labute approximate surface area is 112 Å². The summed E-state index contributed by atoms with van der Waals surface area (Å²) in [7, 11) is 0. The lowest BCUT2D eigenvalue weighted by molar-refractivity contribution is -0.127. The number of rotatable bonds is 4. The van der Waals surface area contributed by atoms with E-state index in [4.69, 9.17) is 18.0 Å². The van der Waals surface area contributed by atoms with Crippen molar-refractivity contribution >= 4 is 23.1 Å². The van der Waals surface area contributed by atoms with Crippen LogP contribution in [0.25, 0.3) is 0 Å². The van der Waals surface area contributed by atoms with E-state index in [0.29, 0.717) is 11.5 Å². The molecule has 1 fully saturated rings. The molecule has 3 N–H and O–H groups in total. The molecule has 0 aromatic carbocycles. The molecule has 0 unspecified atom stereocenters. The Bertz CT molecular complexity index is 441. The molecule has 4 nitrogen and oxygen atoms in total. The lowest BCUT2D eigenvalue weighted by Crippen LogP contribution is -2.46. The van der Waals surface area contributed by atoms with Gasteiger partial charge < -0.3 is 11.1 Å². The summed E-state index contributed by atoms with van der Waals surface area (Å²) in [6.07, 6.45) is 7.00. The number of amides is 1. The van der Waals surface area contributed by atoms with Crippen molar-refractivity contribution in [2.24, 2.45) is 11.1 Å². The fourth-order valence-electron chi connectivity index (χ4n) is 2.42. The zero-order chi connectivity index (χ0) is 13.0. The number of hydrogen-bond donors (Lipinski definition) is 2. The van der Waals surface area contributed by atoms with Crippen LogP contribution in [0.1, 0.15) is 31.2 Å². The van der Waals surface area contributed by atoms with Crippen molar-refractivity contribution in [2.45, 2.75) is 32.2 Å². The number of hydrogen-bond acceptors (Lipinski definition) is 3. The molecule has 1 amide bonds. The topological polar surface area (TPSA) is 68.0 Å². The first kappa shape index (κ1) is 13.0. The minimum Gasteiger partial charge on any atom is -0.392 e. The highest BCUT2D eigenvalue weighted by atomic mass is 32.1. The maximum Gasteiger partial charge on any atom is 0.233 e. The number of aromatic nitrogens is 1. The van der Waals surface area contributed by atoms with Crippen LogP contribution >= 0.6 is 12.2 Å². The summed E-state index contributed by atoms with van der Waals surface area (Å²) < 4.78 is 0. The van der Waals surface area contributed by atoms with Crippen molar-refractivity contribution in [1.82, 2.24) is 10.3 Å². The maximum absolute atomic E-state index is 12.3. The van der Waals surface area contributed by atoms with Gasteiger partial charge in [-0.25, -0.2) is 0 Å². The van der Waals surface area contributed by atoms with Gasteiger partial charge in [0.25, 0.3) is 0 Å². The molecule has 0 bridgehead atoms. The second-order valence-corrected chi connectivity index (χ2v) is 5.14. The third-order valence-electron chi connectivity index (χ3n) is 3.54. The third-order valence-corrected chi connectivity index (χ3v) is 3.93. The molecule has 1 aliphatic carbocycles. The molecule has 0 radical (unpaired) electrons. The molecular weight excluding hydrogens is 246 g/mol. The molecule has 1 saturated carbocycles. The van der Waals surface area contributed by atoms with E-state index in [9.17, 15) is 4.79 Å². The Kier molecular flexibility index (Phi) is 3.91. The minimum atomic E-state index is -0.627. The van der Waals surface area contributed by atoms with E-state index in [1.165, 1.54) is 0 Å². The number of carbonyl (C=O) groups excluding carboxylic acids is 1. The van der Waals surface area contributed by atoms with Crippen molar-refractivity contribution in [3.63, 3.8) is 0 Å². The molecule has 1 aromatic heterocycles. The first-order chi connectivity index (χ1) is 8.65. The van der Waals surface area contributed by atoms with E-state index < -0.39 is 5.41 Å². The summed E-state index contributed by atoms with van der Waals surface area (Å²) >= 11 is 5.08. The van der Waals surface area contributed by atoms with Gasteiger partial charge in [-0.3, -0.25) is 9.78 Å². The standard InChI is InChI=1S/C13H17N3OS/c14-11(18)13(5-1-2-6-13)12(17)16-9-10-4-3-7-15-8-10/h3-4,7-8H,1-2,5-6,9H2,(H2,14,18)(H,16,17). The Morgan fingerprint density at radius 2 is 2.22 bits per heavy atom. The Hall–Kier alpha value is -1.49. The molecule has 0 aliphatic heterocycles. The first-order valence-corrected chi connectivity index (χ1v) is 6.53. The summed E-state index contributed by atoms with van der Waals surface area (Å²) in [5.41, 5.74) is 6.11. The Morgan fingerprint density at radius 1 is 1.50 bits per heavy atom. The number of carbonyl (C=O) groups is 1. The Balaban J connectivity index is 2.01. The average molecular weight is 263 g/mol. The number of nitrogens with zero attached hydrogens (tertiary/aromatic N) is 1. The minimum absolute atomic E-state index is 0.0450. The molecular formula is C13H17N3OS. The van der Waals surface area contributed by atoms with Gasteiger partial charge >= 0.3 is 0 Å². The van der Waals surface area contributed by atoms with Crippen molar-refractivity contribution in [3.8, 4) is 0 Å². The van der Waals surface area contributed by atoms with Crippen molar-refractivity contribution in [2.75, 3.05) is 0 Å². The predicted molar refractivity (Wildman–Crippen MR) is 73.8 cm³/mol. The SMILES string of the molecule is NC(=S)C1(C(=O)NCc2cccnc2)CCCC1. The van der Waals surface area contributed by atoms with Gasteiger partial charge in [-0.15, -0.1) is 0 Å². The summed E-state index contributed by atoms with van der Waals surface area (Å²) in [5, 5.41) is 2.92. The van der Waals surface area contributed by atoms with E-state index in [0.717, 1.165) is 31.2 Å². The fourth-order valence-corrected chi connectivity index (χ4v) is 2.71. The van der Waals surface area contributed by atoms with Gasteiger partial charge in [0.2, 0.25) is 5.91 Å². The zero-order valence-corrected chi connectivity index (χ0v) is 11.0. The van der Waals surface area contributed by atoms with Crippen LogP contribution in [0.3, 0.4) is 0 Å². The van der Waals surface area contributed by atoms with E-state index in [1.807, 2.05) is 12.1 Å². The van der Waals surface area contributed by atoms with Gasteiger partial charge in [-0.05, 0) is 24.5 Å². The highest BCUT2D eigenvalue weighted by molar-refractivity contribution is 7.80. The number of nitrogens with one attached hydrogen (secondary N) is 1. The molecule has 1 aliphatic rings. The molecule has 96 valence electrons. The molecule has 0 atom stereocenters. The predicted octanol–water partition coefficient (Wildman–Crippen LogP) is 1.54. The smallest absolute Gasteiger partial charge is 0.233 e. The van der Waals surface area contributed by atoms with Crippen molar-refractivity contribution in [1.29, 1.82) is 0 Å². The summed E-state index contributed by atoms with van der Waals surface area (Å²) in [6, 6.07) is 3.77. The number of pyridine rings is 1. The lowest BCUT2D eigenvalue weighted by Gasteiger charge is -2.26. The average Bonchev–Trinajstić information content (AvgIpc) is 2.88. The van der Waals surface area contributed by atoms with E-state index in [1.54, 1.807) is 12.4 Å². The molecule has 0 saturated heterocycles. The summed E-state index contributed by atoms with van der Waals surface area (Å²) in [6.45, 7) is 0.469. The molecule has 5 heteroatoms. The maximum atomic E-state index is 12.3. The van der Waals surface area contributed by atoms with Gasteiger partial charge in [-0.2, -0.15) is 0 Å². The van der Waals surface area contributed by atoms with Crippen molar-refractivity contribution in [3.05, 3.63) is 30.1 Å². The van der Waals surface area contributed by atoms with Crippen molar-refractivity contribution < 1.29 is 4.79 Å². The third kappa shape index (κ3) is 2.51. The molecule has 1 aromatic rings. The van der Waals surface area contributed by atoms with Gasteiger partial charge in [0.05, 0.1) is 10.4 Å². The normalized spacial score (nSPS) is 17.3. The van der Waals surface area contributed by atoms with Crippen LogP contribution in [0.5, 0.6) is 0 Å². The Morgan fingerprint density at radius 3 is 2.78 bits per heavy atom. The van der Waals surface area contributed by atoms with E-state index in [2.05, 4.69) is 10.3 Å². The van der Waals surface area contributed by atoms with E-state index >= 15 is 0 Å². The largest absolute Gasteiger partial charge is 0.392 e. The van der Waals surface area contributed by atoms with Crippen LogP contribution in [-0.4, -0.2) is 15.9 Å². The van der Waals surface area contributed by atoms with E-state index in [-0.39, 0.29) is 5.91 Å². The second-order valence-electron chi connectivity index (χ2n) is 4.70. The fraction of sp³-hybridized carbons (Fsp3) is 0.462. The van der Waals surface area contributed by atoms with Gasteiger partial charge in [0, 0.05) is 18.9 Å². The van der Waals surface area contributed by atoms with Crippen LogP contribution in [0.2, 0.25) is 0 Å². The summed E-state index contributed by atoms with van der Waals surface area (Å²) in [4.78, 5) is 16.6. The van der Waals surface area contributed by atoms with Crippen LogP contribution < -0.4 is 11.1 Å². The van der Waals surface area contributed by atoms with Gasteiger partial charge in [0.15, 0.2) is 0 Å². The highest BCUT2D eigenvalue weighted by Crippen LogP contribution is 2.38. The number of thiocarbonyl (C=S) groups is 1. The second kappa shape index (κ2) is 5.44. The van der Waals surface area contributed by atoms with Crippen LogP contribution in [0.4, 0.5) is 0 Å². The lowest BCUT2D eigenvalue weighted by atomic mass is 9.85. The van der Waals surface area contributed by atoms with Gasteiger partial charge in [-0.1, -0.05) is 31.1 Å².